The summed E-state index contributed by atoms with van der Waals surface area (Å²) in [6, 6.07) is 0. The molecule has 0 atom stereocenters. The van der Waals surface area contributed by atoms with Gasteiger partial charge in [-0.15, -0.1) is 0 Å². The van der Waals surface area contributed by atoms with Gasteiger partial charge in [0.15, 0.2) is 0 Å². The van der Waals surface area contributed by atoms with Crippen molar-refractivity contribution in [3.63, 3.8) is 0 Å². The summed E-state index contributed by atoms with van der Waals surface area (Å²) in [4.78, 5) is 21.6. The summed E-state index contributed by atoms with van der Waals surface area (Å²) in [7, 11) is 0. The Bertz CT molecular complexity index is 359. The van der Waals surface area contributed by atoms with Crippen LogP contribution in [0.3, 0.4) is 0 Å². The first-order chi connectivity index (χ1) is 7.11. The van der Waals surface area contributed by atoms with Gasteiger partial charge in [-0.05, 0) is 18.9 Å². The average Bonchev–Trinajstić information content (AvgIpc) is 2.58. The summed E-state index contributed by atoms with van der Waals surface area (Å²) in [5, 5.41) is 17.3. The largest absolute Gasteiger partial charge is 0.481 e. The lowest BCUT2D eigenvalue weighted by Gasteiger charge is -2.02. The summed E-state index contributed by atoms with van der Waals surface area (Å²) in [6.45, 7) is 2.12. The third-order valence-electron chi connectivity index (χ3n) is 1.91. The smallest absolute Gasteiger partial charge is 0.303 e. The van der Waals surface area contributed by atoms with Gasteiger partial charge in [-0.3, -0.25) is 14.7 Å². The van der Waals surface area contributed by atoms with Gasteiger partial charge in [0.25, 0.3) is 5.91 Å². The van der Waals surface area contributed by atoms with Crippen molar-refractivity contribution in [3.05, 3.63) is 17.5 Å². The number of aliphatic carboxylic acids is 1. The number of aromatic nitrogens is 2. The molecule has 3 N–H and O–H groups in total. The number of carboxylic acid groups (broad SMARTS) is 1. The second-order valence-corrected chi connectivity index (χ2v) is 3.18. The highest BCUT2D eigenvalue weighted by Crippen LogP contribution is 2.01. The van der Waals surface area contributed by atoms with E-state index in [4.69, 9.17) is 5.11 Å². The number of carboxylic acids is 1. The van der Waals surface area contributed by atoms with Crippen LogP contribution in [0.1, 0.15) is 28.9 Å². The van der Waals surface area contributed by atoms with Crippen molar-refractivity contribution in [3.8, 4) is 0 Å². The number of nitrogens with one attached hydrogen (secondary N) is 2. The maximum absolute atomic E-state index is 11.4. The van der Waals surface area contributed by atoms with Crippen LogP contribution in [-0.2, 0) is 4.79 Å². The molecule has 0 aromatic carbocycles. The Balaban J connectivity index is 2.31. The van der Waals surface area contributed by atoms with Crippen molar-refractivity contribution in [1.82, 2.24) is 15.5 Å². The van der Waals surface area contributed by atoms with Crippen molar-refractivity contribution in [1.29, 1.82) is 0 Å². The number of carbonyl (C=O) groups is 2. The van der Waals surface area contributed by atoms with E-state index in [1.165, 1.54) is 0 Å². The molecule has 0 saturated carbocycles. The van der Waals surface area contributed by atoms with Gasteiger partial charge < -0.3 is 10.4 Å². The minimum Gasteiger partial charge on any atom is -0.481 e. The van der Waals surface area contributed by atoms with E-state index < -0.39 is 5.97 Å². The molecule has 0 aliphatic heterocycles. The van der Waals surface area contributed by atoms with E-state index in [1.807, 2.05) is 0 Å². The number of aryl methyl sites for hydroxylation is 1. The summed E-state index contributed by atoms with van der Waals surface area (Å²) in [5.74, 6) is -1.11. The zero-order valence-corrected chi connectivity index (χ0v) is 8.41. The zero-order valence-electron chi connectivity index (χ0n) is 8.41. The lowest BCUT2D eigenvalue weighted by Crippen LogP contribution is -2.25. The van der Waals surface area contributed by atoms with Gasteiger partial charge in [0.05, 0.1) is 6.20 Å². The van der Waals surface area contributed by atoms with E-state index in [0.717, 1.165) is 5.56 Å². The second kappa shape index (κ2) is 5.14. The molecule has 6 heteroatoms. The molecule has 6 nitrogen and oxygen atoms in total. The standard InChI is InChI=1S/C9H13N3O3/c1-6-5-11-12-8(6)9(15)10-4-2-3-7(13)14/h5H,2-4H2,1H3,(H,10,15)(H,11,12)(H,13,14). The van der Waals surface area contributed by atoms with Crippen LogP contribution in [0.2, 0.25) is 0 Å². The van der Waals surface area contributed by atoms with Crippen molar-refractivity contribution >= 4 is 11.9 Å². The third kappa shape index (κ3) is 3.41. The first kappa shape index (κ1) is 11.2. The lowest BCUT2D eigenvalue weighted by molar-refractivity contribution is -0.137. The first-order valence-electron chi connectivity index (χ1n) is 4.61. The molecular formula is C9H13N3O3. The van der Waals surface area contributed by atoms with Crippen LogP contribution in [0.15, 0.2) is 6.20 Å². The Hall–Kier alpha value is -1.85. The van der Waals surface area contributed by atoms with Crippen LogP contribution in [-0.4, -0.2) is 33.7 Å². The molecule has 1 heterocycles. The van der Waals surface area contributed by atoms with Crippen molar-refractivity contribution in [2.75, 3.05) is 6.54 Å². The van der Waals surface area contributed by atoms with Gasteiger partial charge >= 0.3 is 5.97 Å². The molecule has 0 aliphatic rings. The highest BCUT2D eigenvalue weighted by molar-refractivity contribution is 5.93. The number of H-pyrrole nitrogens is 1. The van der Waals surface area contributed by atoms with E-state index in [0.29, 0.717) is 18.7 Å². The molecule has 0 spiro atoms. The fraction of sp³-hybridized carbons (Fsp3) is 0.444. The van der Waals surface area contributed by atoms with Crippen molar-refractivity contribution in [2.24, 2.45) is 0 Å². The van der Waals surface area contributed by atoms with Crippen molar-refractivity contribution in [2.45, 2.75) is 19.8 Å². The predicted molar refractivity (Wildman–Crippen MR) is 52.5 cm³/mol. The Morgan fingerprint density at radius 1 is 1.60 bits per heavy atom. The third-order valence-corrected chi connectivity index (χ3v) is 1.91. The Morgan fingerprint density at radius 2 is 2.33 bits per heavy atom. The van der Waals surface area contributed by atoms with Crippen LogP contribution < -0.4 is 5.32 Å². The predicted octanol–water partition coefficient (Wildman–Crippen LogP) is 0.313. The molecule has 15 heavy (non-hydrogen) atoms. The topological polar surface area (TPSA) is 95.1 Å². The SMILES string of the molecule is Cc1cn[nH]c1C(=O)NCCCC(=O)O. The molecule has 1 rings (SSSR count). The molecule has 0 saturated heterocycles. The highest BCUT2D eigenvalue weighted by Gasteiger charge is 2.09. The Labute approximate surface area is 86.7 Å². The zero-order chi connectivity index (χ0) is 11.3. The van der Waals surface area contributed by atoms with Gasteiger partial charge in [-0.1, -0.05) is 0 Å². The van der Waals surface area contributed by atoms with Crippen LogP contribution in [0.5, 0.6) is 0 Å². The number of rotatable bonds is 5. The number of amides is 1. The first-order valence-corrected chi connectivity index (χ1v) is 4.61. The second-order valence-electron chi connectivity index (χ2n) is 3.18. The minimum absolute atomic E-state index is 0.0578. The summed E-state index contributed by atoms with van der Waals surface area (Å²) >= 11 is 0. The number of aromatic amines is 1. The maximum atomic E-state index is 11.4. The van der Waals surface area contributed by atoms with E-state index in [9.17, 15) is 9.59 Å². The van der Waals surface area contributed by atoms with E-state index in [1.54, 1.807) is 13.1 Å². The maximum Gasteiger partial charge on any atom is 0.303 e. The minimum atomic E-state index is -0.859. The fourth-order valence-electron chi connectivity index (χ4n) is 1.11. The number of nitrogens with zero attached hydrogens (tertiary/aromatic N) is 1. The molecular weight excluding hydrogens is 198 g/mol. The quantitative estimate of drug-likeness (QED) is 0.611. The molecule has 0 aliphatic carbocycles. The molecule has 1 amide bonds. The van der Waals surface area contributed by atoms with Gasteiger partial charge in [-0.2, -0.15) is 5.10 Å². The van der Waals surface area contributed by atoms with Gasteiger partial charge in [-0.25, -0.2) is 0 Å². The van der Waals surface area contributed by atoms with E-state index in [-0.39, 0.29) is 12.3 Å². The molecule has 1 aromatic heterocycles. The highest BCUT2D eigenvalue weighted by atomic mass is 16.4. The fourth-order valence-corrected chi connectivity index (χ4v) is 1.11. The summed E-state index contributed by atoms with van der Waals surface area (Å²) < 4.78 is 0. The molecule has 1 aromatic rings. The Kier molecular flexibility index (Phi) is 3.84. The van der Waals surface area contributed by atoms with Crippen LogP contribution in [0.4, 0.5) is 0 Å². The normalized spacial score (nSPS) is 9.93. The number of carbonyl (C=O) groups excluding carboxylic acids is 1. The lowest BCUT2D eigenvalue weighted by atomic mass is 10.2. The Morgan fingerprint density at radius 3 is 2.87 bits per heavy atom. The van der Waals surface area contributed by atoms with Crippen LogP contribution >= 0.6 is 0 Å². The summed E-state index contributed by atoms with van der Waals surface area (Å²) in [5.41, 5.74) is 1.19. The summed E-state index contributed by atoms with van der Waals surface area (Å²) in [6.07, 6.45) is 2.04. The molecule has 82 valence electrons. The average molecular weight is 211 g/mol. The van der Waals surface area contributed by atoms with Crippen LogP contribution in [0.25, 0.3) is 0 Å². The van der Waals surface area contributed by atoms with Crippen molar-refractivity contribution < 1.29 is 14.7 Å². The molecule has 0 unspecified atom stereocenters. The van der Waals surface area contributed by atoms with Crippen LogP contribution in [0, 0.1) is 6.92 Å². The molecule has 0 bridgehead atoms. The number of hydrogen-bond acceptors (Lipinski definition) is 3. The molecule has 0 radical (unpaired) electrons. The van der Waals surface area contributed by atoms with Gasteiger partial charge in [0.2, 0.25) is 0 Å². The van der Waals surface area contributed by atoms with E-state index in [2.05, 4.69) is 15.5 Å². The molecule has 0 fully saturated rings. The number of hydrogen-bond donors (Lipinski definition) is 3. The van der Waals surface area contributed by atoms with E-state index >= 15 is 0 Å². The van der Waals surface area contributed by atoms with Gasteiger partial charge in [0, 0.05) is 13.0 Å². The van der Waals surface area contributed by atoms with Gasteiger partial charge in [0.1, 0.15) is 5.69 Å². The monoisotopic (exact) mass is 211 g/mol.